The Morgan fingerprint density at radius 1 is 0.822 bits per heavy atom. The summed E-state index contributed by atoms with van der Waals surface area (Å²) in [7, 11) is 0. The molecule has 0 aromatic heterocycles. The van der Waals surface area contributed by atoms with Crippen molar-refractivity contribution in [1.82, 2.24) is 5.32 Å². The van der Waals surface area contributed by atoms with Crippen molar-refractivity contribution in [3.63, 3.8) is 0 Å². The standard InChI is InChI=1S/C38H33FN2O4/c39-29-10-5-23(6-11-29)22-45-34-14-7-27-3-1-2-4-31(27)32(34)18-33-35(42)40-37(44)41(36(33)43)30-12-8-28(9-13-30)38-19-24-15-25(20-38)17-26(16-24)21-38/h1-14,18,24-26H,15-17,19-22H2,(H,40,42,44)/b33-18+. The maximum atomic E-state index is 13.9. The lowest BCUT2D eigenvalue weighted by atomic mass is 9.48. The summed E-state index contributed by atoms with van der Waals surface area (Å²) in [5.74, 6) is 1.09. The Kier molecular flexibility index (Phi) is 6.59. The number of imide groups is 2. The number of urea groups is 1. The number of barbiturate groups is 1. The third-order valence-electron chi connectivity index (χ3n) is 10.4. The maximum Gasteiger partial charge on any atom is 0.335 e. The Morgan fingerprint density at radius 2 is 1.49 bits per heavy atom. The van der Waals surface area contributed by atoms with Crippen LogP contribution in [0, 0.1) is 23.6 Å². The first-order valence-electron chi connectivity index (χ1n) is 15.8. The summed E-state index contributed by atoms with van der Waals surface area (Å²) in [6, 6.07) is 24.4. The normalized spacial score (nSPS) is 26.5. The molecule has 4 amide bonds. The second kappa shape index (κ2) is 10.7. The molecule has 226 valence electrons. The molecule has 0 spiro atoms. The molecule has 4 aliphatic carbocycles. The zero-order chi connectivity index (χ0) is 30.7. The monoisotopic (exact) mass is 600 g/mol. The van der Waals surface area contributed by atoms with Gasteiger partial charge < -0.3 is 4.74 Å². The largest absolute Gasteiger partial charge is 0.488 e. The molecular formula is C38H33FN2O4. The number of hydrogen-bond donors (Lipinski definition) is 1. The number of carbonyl (C=O) groups excluding carboxylic acids is 3. The third-order valence-corrected chi connectivity index (χ3v) is 10.4. The fourth-order valence-electron chi connectivity index (χ4n) is 8.76. The van der Waals surface area contributed by atoms with Gasteiger partial charge in [0, 0.05) is 5.56 Å². The molecule has 9 rings (SSSR count). The molecule has 4 aromatic rings. The number of nitrogens with zero attached hydrogens (tertiary/aromatic N) is 1. The number of anilines is 1. The van der Waals surface area contributed by atoms with Crippen molar-refractivity contribution < 1.29 is 23.5 Å². The van der Waals surface area contributed by atoms with Crippen LogP contribution in [0.2, 0.25) is 0 Å². The maximum absolute atomic E-state index is 13.9. The summed E-state index contributed by atoms with van der Waals surface area (Å²) in [5, 5.41) is 4.05. The van der Waals surface area contributed by atoms with Gasteiger partial charge in [0.15, 0.2) is 0 Å². The van der Waals surface area contributed by atoms with Gasteiger partial charge in [-0.05, 0) is 120 Å². The predicted octanol–water partition coefficient (Wildman–Crippen LogP) is 7.69. The molecular weight excluding hydrogens is 567 g/mol. The van der Waals surface area contributed by atoms with Gasteiger partial charge >= 0.3 is 6.03 Å². The number of rotatable bonds is 6. The second-order valence-corrected chi connectivity index (χ2v) is 13.3. The van der Waals surface area contributed by atoms with Gasteiger partial charge in [-0.2, -0.15) is 0 Å². The van der Waals surface area contributed by atoms with Crippen LogP contribution in [0.25, 0.3) is 16.8 Å². The molecule has 1 saturated heterocycles. The van der Waals surface area contributed by atoms with Crippen molar-refractivity contribution in [1.29, 1.82) is 0 Å². The average Bonchev–Trinajstić information content (AvgIpc) is 3.02. The zero-order valence-corrected chi connectivity index (χ0v) is 24.8. The Hall–Kier alpha value is -4.78. The van der Waals surface area contributed by atoms with Crippen LogP contribution < -0.4 is 15.0 Å². The van der Waals surface area contributed by atoms with Crippen molar-refractivity contribution in [3.8, 4) is 5.75 Å². The summed E-state index contributed by atoms with van der Waals surface area (Å²) in [4.78, 5) is 41.2. The zero-order valence-electron chi connectivity index (χ0n) is 24.8. The molecule has 5 aliphatic rings. The second-order valence-electron chi connectivity index (χ2n) is 13.3. The number of fused-ring (bicyclic) bond motifs is 1. The molecule has 1 N–H and O–H groups in total. The molecule has 4 bridgehead atoms. The first-order valence-corrected chi connectivity index (χ1v) is 15.8. The van der Waals surface area contributed by atoms with E-state index in [1.54, 1.807) is 18.2 Å². The van der Waals surface area contributed by atoms with Gasteiger partial charge in [0.25, 0.3) is 11.8 Å². The summed E-state index contributed by atoms with van der Waals surface area (Å²) >= 11 is 0. The number of carbonyl (C=O) groups is 3. The van der Waals surface area contributed by atoms with E-state index in [0.29, 0.717) is 17.0 Å². The van der Waals surface area contributed by atoms with E-state index in [9.17, 15) is 18.8 Å². The molecule has 6 nitrogen and oxygen atoms in total. The van der Waals surface area contributed by atoms with Crippen molar-refractivity contribution in [2.45, 2.75) is 50.5 Å². The first-order chi connectivity index (χ1) is 21.8. The number of ether oxygens (including phenoxy) is 1. The van der Waals surface area contributed by atoms with Crippen molar-refractivity contribution in [3.05, 3.63) is 113 Å². The van der Waals surface area contributed by atoms with E-state index in [0.717, 1.165) is 39.0 Å². The Balaban J connectivity index is 1.12. The Morgan fingerprint density at radius 3 is 2.18 bits per heavy atom. The van der Waals surface area contributed by atoms with Crippen LogP contribution in [-0.4, -0.2) is 17.8 Å². The molecule has 0 atom stereocenters. The van der Waals surface area contributed by atoms with E-state index >= 15 is 0 Å². The first kappa shape index (κ1) is 27.7. The highest BCUT2D eigenvalue weighted by Crippen LogP contribution is 2.60. The van der Waals surface area contributed by atoms with E-state index in [2.05, 4.69) is 17.4 Å². The fourth-order valence-corrected chi connectivity index (χ4v) is 8.76. The summed E-state index contributed by atoms with van der Waals surface area (Å²) in [6.07, 6.45) is 9.25. The number of halogens is 1. The van der Waals surface area contributed by atoms with Crippen LogP contribution in [0.4, 0.5) is 14.9 Å². The van der Waals surface area contributed by atoms with Gasteiger partial charge in [0.2, 0.25) is 0 Å². The smallest absolute Gasteiger partial charge is 0.335 e. The summed E-state index contributed by atoms with van der Waals surface area (Å²) < 4.78 is 19.6. The molecule has 0 radical (unpaired) electrons. The molecule has 45 heavy (non-hydrogen) atoms. The Labute approximate surface area is 260 Å². The SMILES string of the molecule is O=C1NC(=O)N(c2ccc(C34CC5CC(CC(C5)C3)C4)cc2)C(=O)/C1=C/c1c(OCc2ccc(F)cc2)ccc2ccccc12. The highest BCUT2D eigenvalue weighted by atomic mass is 19.1. The highest BCUT2D eigenvalue weighted by molar-refractivity contribution is 6.39. The van der Waals surface area contributed by atoms with E-state index in [4.69, 9.17) is 4.74 Å². The van der Waals surface area contributed by atoms with Gasteiger partial charge in [0.05, 0.1) is 5.69 Å². The molecule has 4 saturated carbocycles. The highest BCUT2D eigenvalue weighted by Gasteiger charge is 2.51. The lowest BCUT2D eigenvalue weighted by Crippen LogP contribution is -2.54. The van der Waals surface area contributed by atoms with Gasteiger partial charge in [-0.25, -0.2) is 14.1 Å². The van der Waals surface area contributed by atoms with E-state index in [1.165, 1.54) is 62.3 Å². The van der Waals surface area contributed by atoms with Crippen LogP contribution >= 0.6 is 0 Å². The average molecular weight is 601 g/mol. The van der Waals surface area contributed by atoms with Crippen molar-refractivity contribution >= 4 is 40.4 Å². The predicted molar refractivity (Wildman–Crippen MR) is 170 cm³/mol. The van der Waals surface area contributed by atoms with E-state index in [-0.39, 0.29) is 23.4 Å². The molecule has 7 heteroatoms. The van der Waals surface area contributed by atoms with Crippen LogP contribution in [0.5, 0.6) is 5.75 Å². The van der Waals surface area contributed by atoms with E-state index < -0.39 is 17.8 Å². The minimum atomic E-state index is -0.768. The number of nitrogens with one attached hydrogen (secondary N) is 1. The Bertz CT molecular complexity index is 1840. The van der Waals surface area contributed by atoms with Crippen molar-refractivity contribution in [2.75, 3.05) is 4.90 Å². The molecule has 1 heterocycles. The summed E-state index contributed by atoms with van der Waals surface area (Å²) in [5.41, 5.74) is 3.06. The van der Waals surface area contributed by atoms with Crippen molar-refractivity contribution in [2.24, 2.45) is 17.8 Å². The van der Waals surface area contributed by atoms with Crippen LogP contribution in [0.1, 0.15) is 55.2 Å². The van der Waals surface area contributed by atoms with Gasteiger partial charge in [-0.3, -0.25) is 14.9 Å². The third kappa shape index (κ3) is 4.91. The molecule has 4 aromatic carbocycles. The number of amides is 4. The molecule has 0 unspecified atom stereocenters. The summed E-state index contributed by atoms with van der Waals surface area (Å²) in [6.45, 7) is 0.162. The van der Waals surface area contributed by atoms with Crippen LogP contribution in [0.3, 0.4) is 0 Å². The number of benzene rings is 4. The topological polar surface area (TPSA) is 75.7 Å². The number of hydrogen-bond acceptors (Lipinski definition) is 4. The lowest BCUT2D eigenvalue weighted by molar-refractivity contribution is -0.122. The van der Waals surface area contributed by atoms with Gasteiger partial charge in [0.1, 0.15) is 23.7 Å². The minimum Gasteiger partial charge on any atom is -0.488 e. The quantitative estimate of drug-likeness (QED) is 0.182. The minimum absolute atomic E-state index is 0.162. The van der Waals surface area contributed by atoms with Crippen LogP contribution in [-0.2, 0) is 21.6 Å². The molecule has 1 aliphatic heterocycles. The van der Waals surface area contributed by atoms with Crippen LogP contribution in [0.15, 0.2) is 90.5 Å². The van der Waals surface area contributed by atoms with Gasteiger partial charge in [-0.1, -0.05) is 54.6 Å². The van der Waals surface area contributed by atoms with E-state index in [1.807, 2.05) is 42.5 Å². The fraction of sp³-hybridized carbons (Fsp3) is 0.289. The van der Waals surface area contributed by atoms with Gasteiger partial charge in [-0.15, -0.1) is 0 Å². The molecule has 5 fully saturated rings. The lowest BCUT2D eigenvalue weighted by Gasteiger charge is -2.57.